The Bertz CT molecular complexity index is 1440. The third kappa shape index (κ3) is 10.2. The monoisotopic (exact) mass is 720 g/mol. The van der Waals surface area contributed by atoms with E-state index in [-0.39, 0.29) is 49.0 Å². The van der Waals surface area contributed by atoms with E-state index in [1.165, 1.54) is 11.0 Å². The van der Waals surface area contributed by atoms with Crippen molar-refractivity contribution in [2.45, 2.75) is 82.7 Å². The molecule has 2 aromatic rings. The zero-order valence-corrected chi connectivity index (χ0v) is 29.4. The molecule has 2 amide bonds. The van der Waals surface area contributed by atoms with Crippen LogP contribution in [0.15, 0.2) is 16.9 Å². The number of hydrogen-bond acceptors (Lipinski definition) is 10. The van der Waals surface area contributed by atoms with Crippen molar-refractivity contribution in [3.05, 3.63) is 27.4 Å². The zero-order valence-electron chi connectivity index (χ0n) is 27.8. The largest absolute Gasteiger partial charge is 0.506 e. The van der Waals surface area contributed by atoms with Crippen LogP contribution in [0.25, 0.3) is 10.2 Å². The van der Waals surface area contributed by atoms with E-state index >= 15 is 0 Å². The number of thioether (sulfide) groups is 1. The summed E-state index contributed by atoms with van der Waals surface area (Å²) in [5.74, 6) is -0.283. The first-order chi connectivity index (χ1) is 22.6. The highest BCUT2D eigenvalue weighted by molar-refractivity contribution is 7.99. The predicted octanol–water partition coefficient (Wildman–Crippen LogP) is 5.12. The number of phenolic OH excluding ortho intramolecular Hbond substituents is 1. The Hall–Kier alpha value is -2.53. The van der Waals surface area contributed by atoms with Gasteiger partial charge >= 0.3 is 23.0 Å². The SMILES string of the molecule is CC(C)(C)N(C[C@H](O)c1ccc(O)c2[nH]c(=O)sc12)C(=O)OCCSCCCCCCN1CCC2(CC1)CN(C(=O)C(F)(F)F)CCO2. The third-order valence-corrected chi connectivity index (χ3v) is 10.8. The van der Waals surface area contributed by atoms with E-state index in [4.69, 9.17) is 9.47 Å². The van der Waals surface area contributed by atoms with E-state index in [9.17, 15) is 37.8 Å². The van der Waals surface area contributed by atoms with Crippen LogP contribution in [-0.4, -0.2) is 123 Å². The fourth-order valence-electron chi connectivity index (χ4n) is 6.14. The minimum atomic E-state index is -4.86. The summed E-state index contributed by atoms with van der Waals surface area (Å²) >= 11 is 2.60. The van der Waals surface area contributed by atoms with Gasteiger partial charge in [-0.1, -0.05) is 30.2 Å². The Morgan fingerprint density at radius 1 is 1.12 bits per heavy atom. The van der Waals surface area contributed by atoms with Crippen LogP contribution in [0.1, 0.15) is 71.0 Å². The second-order valence-corrected chi connectivity index (χ2v) is 15.6. The molecule has 1 aromatic heterocycles. The smallest absolute Gasteiger partial charge is 0.471 e. The summed E-state index contributed by atoms with van der Waals surface area (Å²) in [4.78, 5) is 43.5. The molecule has 0 bridgehead atoms. The summed E-state index contributed by atoms with van der Waals surface area (Å²) in [6.07, 6.45) is -1.06. The van der Waals surface area contributed by atoms with Gasteiger partial charge in [-0.25, -0.2) is 4.79 Å². The Morgan fingerprint density at radius 2 is 1.83 bits per heavy atom. The normalized spacial score (nSPS) is 17.9. The molecule has 3 heterocycles. The van der Waals surface area contributed by atoms with Crippen molar-refractivity contribution < 1.29 is 42.4 Å². The number of amides is 2. The van der Waals surface area contributed by atoms with Gasteiger partial charge in [0.1, 0.15) is 17.9 Å². The number of piperidine rings is 1. The van der Waals surface area contributed by atoms with Gasteiger partial charge < -0.3 is 39.4 Å². The van der Waals surface area contributed by atoms with Crippen molar-refractivity contribution in [3.63, 3.8) is 0 Å². The van der Waals surface area contributed by atoms with Crippen LogP contribution in [-0.2, 0) is 14.3 Å². The van der Waals surface area contributed by atoms with E-state index in [1.807, 2.05) is 20.8 Å². The molecule has 48 heavy (non-hydrogen) atoms. The number of morpholine rings is 1. The van der Waals surface area contributed by atoms with Crippen molar-refractivity contribution in [1.82, 2.24) is 19.7 Å². The summed E-state index contributed by atoms with van der Waals surface area (Å²) in [7, 11) is 0. The summed E-state index contributed by atoms with van der Waals surface area (Å²) < 4.78 is 50.5. The molecule has 2 aliphatic heterocycles. The third-order valence-electron chi connectivity index (χ3n) is 8.84. The number of benzene rings is 1. The molecular formula is C32H47F3N4O7S2. The number of β-amino-alcohol motifs (C(OH)–C–C–N with tert-alkyl or cyclic N) is 1. The molecule has 1 spiro atoms. The van der Waals surface area contributed by atoms with Crippen LogP contribution in [0.3, 0.4) is 0 Å². The van der Waals surface area contributed by atoms with Gasteiger partial charge in [0.05, 0.1) is 36.1 Å². The van der Waals surface area contributed by atoms with Crippen LogP contribution in [0.5, 0.6) is 5.75 Å². The number of carbonyl (C=O) groups is 2. The minimum absolute atomic E-state index is 0.00203. The van der Waals surface area contributed by atoms with E-state index < -0.39 is 35.4 Å². The molecule has 0 unspecified atom stereocenters. The number of halogens is 3. The fourth-order valence-corrected chi connectivity index (χ4v) is 7.87. The molecule has 0 radical (unpaired) electrons. The number of ether oxygens (including phenoxy) is 2. The van der Waals surface area contributed by atoms with Gasteiger partial charge in [-0.15, -0.1) is 0 Å². The number of aliphatic hydroxyl groups is 1. The van der Waals surface area contributed by atoms with Crippen LogP contribution in [0.4, 0.5) is 18.0 Å². The molecule has 2 saturated heterocycles. The molecule has 1 atom stereocenters. The lowest BCUT2D eigenvalue weighted by Crippen LogP contribution is -2.59. The zero-order chi connectivity index (χ0) is 35.1. The number of aromatic amines is 1. The number of alkyl halides is 3. The van der Waals surface area contributed by atoms with Gasteiger partial charge in [-0.2, -0.15) is 24.9 Å². The van der Waals surface area contributed by atoms with E-state index in [0.717, 1.165) is 67.3 Å². The number of thiazole rings is 1. The van der Waals surface area contributed by atoms with Crippen LogP contribution in [0, 0.1) is 0 Å². The average Bonchev–Trinajstić information content (AvgIpc) is 3.42. The lowest BCUT2D eigenvalue weighted by molar-refractivity contribution is -0.200. The van der Waals surface area contributed by atoms with Gasteiger partial charge in [0, 0.05) is 36.5 Å². The molecule has 11 nitrogen and oxygen atoms in total. The summed E-state index contributed by atoms with van der Waals surface area (Å²) in [5.41, 5.74) is -0.607. The number of unbranched alkanes of at least 4 members (excludes halogenated alkanes) is 3. The highest BCUT2D eigenvalue weighted by Crippen LogP contribution is 2.34. The summed E-state index contributed by atoms with van der Waals surface area (Å²) in [6, 6.07) is 2.96. The van der Waals surface area contributed by atoms with Crippen molar-refractivity contribution in [2.75, 3.05) is 64.0 Å². The highest BCUT2D eigenvalue weighted by atomic mass is 32.2. The second-order valence-electron chi connectivity index (χ2n) is 13.4. The maximum absolute atomic E-state index is 13.0. The van der Waals surface area contributed by atoms with Gasteiger partial charge in [0.2, 0.25) is 0 Å². The van der Waals surface area contributed by atoms with Gasteiger partial charge in [-0.3, -0.25) is 9.59 Å². The lowest BCUT2D eigenvalue weighted by Gasteiger charge is -2.47. The number of hydrogen-bond donors (Lipinski definition) is 3. The number of phenols is 1. The number of likely N-dealkylation sites (tertiary alicyclic amines) is 1. The molecule has 16 heteroatoms. The Labute approximate surface area is 286 Å². The highest BCUT2D eigenvalue weighted by Gasteiger charge is 2.48. The number of nitrogens with zero attached hydrogens (tertiary/aromatic N) is 3. The van der Waals surface area contributed by atoms with Crippen LogP contribution < -0.4 is 4.87 Å². The van der Waals surface area contributed by atoms with E-state index in [2.05, 4.69) is 9.88 Å². The molecular weight excluding hydrogens is 674 g/mol. The number of carbonyl (C=O) groups excluding carboxylic acids is 2. The fraction of sp³-hybridized carbons (Fsp3) is 0.719. The number of rotatable bonds is 13. The van der Waals surface area contributed by atoms with Gasteiger partial charge in [0.25, 0.3) is 0 Å². The molecule has 0 saturated carbocycles. The van der Waals surface area contributed by atoms with Crippen molar-refractivity contribution in [2.24, 2.45) is 0 Å². The molecule has 0 aliphatic carbocycles. The van der Waals surface area contributed by atoms with Crippen LogP contribution >= 0.6 is 23.1 Å². The maximum Gasteiger partial charge on any atom is 0.471 e. The average molecular weight is 721 g/mol. The topological polar surface area (TPSA) is 136 Å². The van der Waals surface area contributed by atoms with Crippen LogP contribution in [0.2, 0.25) is 0 Å². The molecule has 4 rings (SSSR count). The molecule has 2 fully saturated rings. The summed E-state index contributed by atoms with van der Waals surface area (Å²) in [6.45, 7) is 8.24. The number of aliphatic hydroxyl groups excluding tert-OH is 1. The Balaban J connectivity index is 1.08. The lowest BCUT2D eigenvalue weighted by atomic mass is 9.89. The number of nitrogens with one attached hydrogen (secondary N) is 1. The maximum atomic E-state index is 13.0. The first-order valence-electron chi connectivity index (χ1n) is 16.4. The number of H-pyrrole nitrogens is 1. The first kappa shape index (κ1) is 38.3. The standard InChI is InChI=1S/C32H47F3N4O7S2/c1-30(2,3)39(20-24(41)22-8-9-23(40)25-26(22)48-28(43)36-25)29(44)45-17-19-47-18-7-5-4-6-12-37-13-10-31(11-14-37)21-38(15-16-46-31)27(42)32(33,34)35/h8-9,24,40-41H,4-7,10-21H2,1-3H3,(H,36,43)/t24-/m0/s1. The van der Waals surface area contributed by atoms with Gasteiger partial charge in [0.15, 0.2) is 0 Å². The van der Waals surface area contributed by atoms with Crippen molar-refractivity contribution in [1.29, 1.82) is 0 Å². The second kappa shape index (κ2) is 16.5. The van der Waals surface area contributed by atoms with E-state index in [0.29, 0.717) is 28.9 Å². The number of fused-ring (bicyclic) bond motifs is 1. The Kier molecular flexibility index (Phi) is 13.1. The molecule has 3 N–H and O–H groups in total. The summed E-state index contributed by atoms with van der Waals surface area (Å²) in [5, 5.41) is 21.1. The molecule has 1 aromatic carbocycles. The number of aromatic nitrogens is 1. The molecule has 270 valence electrons. The van der Waals surface area contributed by atoms with Crippen molar-refractivity contribution in [3.8, 4) is 5.75 Å². The molecule has 2 aliphatic rings. The van der Waals surface area contributed by atoms with Gasteiger partial charge in [-0.05, 0) is 64.8 Å². The predicted molar refractivity (Wildman–Crippen MR) is 180 cm³/mol. The Morgan fingerprint density at radius 3 is 2.52 bits per heavy atom. The quantitative estimate of drug-likeness (QED) is 0.241. The van der Waals surface area contributed by atoms with Crippen molar-refractivity contribution >= 4 is 45.3 Å². The minimum Gasteiger partial charge on any atom is -0.506 e. The van der Waals surface area contributed by atoms with E-state index in [1.54, 1.807) is 17.8 Å². The first-order valence-corrected chi connectivity index (χ1v) is 18.3. The number of aromatic hydroxyl groups is 1.